The maximum Gasteiger partial charge on any atom is 0.251 e. The second-order valence-electron chi connectivity index (χ2n) is 7.48. The summed E-state index contributed by atoms with van der Waals surface area (Å²) in [6.07, 6.45) is 1.08. The zero-order valence-electron chi connectivity index (χ0n) is 18.0. The molecule has 3 rings (SSSR count). The van der Waals surface area contributed by atoms with Crippen molar-refractivity contribution < 1.29 is 17.6 Å². The van der Waals surface area contributed by atoms with Crippen molar-refractivity contribution in [2.75, 3.05) is 17.6 Å². The minimum absolute atomic E-state index is 0.250. The molecule has 0 fully saturated rings. The van der Waals surface area contributed by atoms with E-state index in [0.29, 0.717) is 21.3 Å². The van der Waals surface area contributed by atoms with E-state index in [0.717, 1.165) is 16.1 Å². The average molecular weight is 478 g/mol. The van der Waals surface area contributed by atoms with Gasteiger partial charge in [-0.25, -0.2) is 12.8 Å². The maximum atomic E-state index is 13.2. The fraction of sp³-hybridized carbons (Fsp3) is 0.286. The molecule has 0 spiro atoms. The number of anilines is 1. The number of carbonyl (C=O) groups excluding carboxylic acids is 1. The normalized spacial score (nSPS) is 13.4. The highest BCUT2D eigenvalue weighted by Crippen LogP contribution is 2.31. The molecule has 2 unspecified atom stereocenters. The Hall–Kier alpha value is -2.89. The number of aromatic nitrogens is 2. The van der Waals surface area contributed by atoms with Gasteiger partial charge in [0.25, 0.3) is 5.91 Å². The highest BCUT2D eigenvalue weighted by Gasteiger charge is 2.20. The third-order valence-corrected chi connectivity index (χ3v) is 7.21. The molecule has 1 aromatic heterocycles. The number of sulfonamides is 1. The van der Waals surface area contributed by atoms with E-state index in [2.05, 4.69) is 15.5 Å². The SMILES string of the molecule is CC(N)c1nnc(-c2cc(C(=O)NC(C)c3ccc(F)cc3)cc(N(C)S(C)(=O)=O)c2)s1. The van der Waals surface area contributed by atoms with Gasteiger partial charge in [-0.2, -0.15) is 0 Å². The van der Waals surface area contributed by atoms with Gasteiger partial charge in [-0.1, -0.05) is 23.5 Å². The van der Waals surface area contributed by atoms with Gasteiger partial charge in [0.05, 0.1) is 24.0 Å². The first-order valence-electron chi connectivity index (χ1n) is 9.70. The molecule has 0 aliphatic rings. The zero-order chi connectivity index (χ0) is 23.6. The third kappa shape index (κ3) is 5.47. The lowest BCUT2D eigenvalue weighted by atomic mass is 10.1. The second kappa shape index (κ2) is 9.31. The number of benzene rings is 2. The molecule has 170 valence electrons. The van der Waals surface area contributed by atoms with Gasteiger partial charge in [-0.15, -0.1) is 10.2 Å². The monoisotopic (exact) mass is 477 g/mol. The van der Waals surface area contributed by atoms with Crippen molar-refractivity contribution in [1.29, 1.82) is 0 Å². The van der Waals surface area contributed by atoms with Gasteiger partial charge in [-0.05, 0) is 49.7 Å². The van der Waals surface area contributed by atoms with Crippen LogP contribution in [0.15, 0.2) is 42.5 Å². The van der Waals surface area contributed by atoms with Gasteiger partial charge in [0.2, 0.25) is 10.0 Å². The van der Waals surface area contributed by atoms with Crippen molar-refractivity contribution in [3.05, 3.63) is 64.4 Å². The van der Waals surface area contributed by atoms with Crippen molar-refractivity contribution >= 4 is 33.0 Å². The molecule has 32 heavy (non-hydrogen) atoms. The van der Waals surface area contributed by atoms with Gasteiger partial charge in [0.1, 0.15) is 15.8 Å². The highest BCUT2D eigenvalue weighted by atomic mass is 32.2. The van der Waals surface area contributed by atoms with E-state index >= 15 is 0 Å². The zero-order valence-corrected chi connectivity index (χ0v) is 19.7. The van der Waals surface area contributed by atoms with Gasteiger partial charge in [-0.3, -0.25) is 9.10 Å². The lowest BCUT2D eigenvalue weighted by molar-refractivity contribution is 0.0940. The fourth-order valence-electron chi connectivity index (χ4n) is 2.89. The minimum Gasteiger partial charge on any atom is -0.346 e. The Bertz CT molecular complexity index is 1230. The van der Waals surface area contributed by atoms with Crippen LogP contribution in [-0.2, 0) is 10.0 Å². The van der Waals surface area contributed by atoms with Crippen LogP contribution in [0.2, 0.25) is 0 Å². The Morgan fingerprint density at radius 2 is 1.81 bits per heavy atom. The summed E-state index contributed by atoms with van der Waals surface area (Å²) >= 11 is 1.27. The van der Waals surface area contributed by atoms with E-state index in [4.69, 9.17) is 5.73 Å². The van der Waals surface area contributed by atoms with E-state index in [1.807, 2.05) is 0 Å². The predicted molar refractivity (Wildman–Crippen MR) is 123 cm³/mol. The fourth-order valence-corrected chi connectivity index (χ4v) is 4.16. The molecule has 0 aliphatic carbocycles. The Kier molecular flexibility index (Phi) is 6.91. The molecule has 1 heterocycles. The van der Waals surface area contributed by atoms with Crippen LogP contribution in [-0.4, -0.2) is 37.8 Å². The quantitative estimate of drug-likeness (QED) is 0.539. The first-order chi connectivity index (χ1) is 15.0. The summed E-state index contributed by atoms with van der Waals surface area (Å²) in [5.74, 6) is -0.777. The summed E-state index contributed by atoms with van der Waals surface area (Å²) in [7, 11) is -2.15. The van der Waals surface area contributed by atoms with Gasteiger partial charge in [0, 0.05) is 18.2 Å². The third-order valence-electron chi connectivity index (χ3n) is 4.84. The van der Waals surface area contributed by atoms with Crippen molar-refractivity contribution in [3.63, 3.8) is 0 Å². The summed E-state index contributed by atoms with van der Waals surface area (Å²) in [6.45, 7) is 3.56. The minimum atomic E-state index is -3.56. The summed E-state index contributed by atoms with van der Waals surface area (Å²) in [4.78, 5) is 13.0. The summed E-state index contributed by atoms with van der Waals surface area (Å²) < 4.78 is 38.5. The van der Waals surface area contributed by atoms with Gasteiger partial charge >= 0.3 is 0 Å². The number of nitrogens with two attached hydrogens (primary N) is 1. The molecule has 2 atom stereocenters. The highest BCUT2D eigenvalue weighted by molar-refractivity contribution is 7.92. The smallest absolute Gasteiger partial charge is 0.251 e. The number of nitrogens with zero attached hydrogens (tertiary/aromatic N) is 3. The standard InChI is InChI=1S/C21H24FN5O3S2/c1-12(23)20-25-26-21(31-20)16-9-15(10-18(11-16)27(3)32(4,29)30)19(28)24-13(2)14-5-7-17(22)8-6-14/h5-13H,23H2,1-4H3,(H,24,28). The molecule has 0 saturated heterocycles. The van der Waals surface area contributed by atoms with Crippen molar-refractivity contribution in [2.45, 2.75) is 25.9 Å². The largest absolute Gasteiger partial charge is 0.346 e. The number of halogens is 1. The van der Waals surface area contributed by atoms with Crippen molar-refractivity contribution in [2.24, 2.45) is 5.73 Å². The molecule has 0 saturated carbocycles. The van der Waals surface area contributed by atoms with E-state index in [1.165, 1.54) is 36.6 Å². The van der Waals surface area contributed by atoms with Crippen LogP contribution < -0.4 is 15.4 Å². The second-order valence-corrected chi connectivity index (χ2v) is 10.5. The van der Waals surface area contributed by atoms with E-state index in [1.54, 1.807) is 38.1 Å². The predicted octanol–water partition coefficient (Wildman–Crippen LogP) is 3.25. The first-order valence-corrected chi connectivity index (χ1v) is 12.4. The summed E-state index contributed by atoms with van der Waals surface area (Å²) in [5, 5.41) is 12.2. The van der Waals surface area contributed by atoms with E-state index < -0.39 is 22.0 Å². The van der Waals surface area contributed by atoms with Crippen molar-refractivity contribution in [3.8, 4) is 10.6 Å². The van der Waals surface area contributed by atoms with Crippen LogP contribution in [0.3, 0.4) is 0 Å². The molecule has 1 amide bonds. The summed E-state index contributed by atoms with van der Waals surface area (Å²) in [6, 6.07) is 9.88. The molecule has 3 aromatic rings. The van der Waals surface area contributed by atoms with Gasteiger partial charge in [0.15, 0.2) is 0 Å². The number of hydrogen-bond donors (Lipinski definition) is 2. The molecule has 0 bridgehead atoms. The topological polar surface area (TPSA) is 118 Å². The molecule has 3 N–H and O–H groups in total. The average Bonchev–Trinajstić information content (AvgIpc) is 3.23. The van der Waals surface area contributed by atoms with Gasteiger partial charge < -0.3 is 11.1 Å². The Morgan fingerprint density at radius 3 is 2.38 bits per heavy atom. The molecule has 11 heteroatoms. The molecule has 8 nitrogen and oxygen atoms in total. The van der Waals surface area contributed by atoms with Crippen LogP contribution in [0.4, 0.5) is 10.1 Å². The molecule has 2 aromatic carbocycles. The van der Waals surface area contributed by atoms with E-state index in [9.17, 15) is 17.6 Å². The lowest BCUT2D eigenvalue weighted by Crippen LogP contribution is -2.28. The van der Waals surface area contributed by atoms with Crippen LogP contribution in [0.1, 0.15) is 46.9 Å². The molecular formula is C21H24FN5O3S2. The van der Waals surface area contributed by atoms with Crippen LogP contribution in [0.5, 0.6) is 0 Å². The number of hydrogen-bond acceptors (Lipinski definition) is 7. The molecule has 0 aliphatic heterocycles. The lowest BCUT2D eigenvalue weighted by Gasteiger charge is -2.19. The number of carbonyl (C=O) groups is 1. The number of rotatable bonds is 7. The Morgan fingerprint density at radius 1 is 1.16 bits per heavy atom. The molecule has 0 radical (unpaired) electrons. The summed E-state index contributed by atoms with van der Waals surface area (Å²) in [5.41, 5.74) is 7.70. The number of amides is 1. The van der Waals surface area contributed by atoms with Crippen molar-refractivity contribution in [1.82, 2.24) is 15.5 Å². The Balaban J connectivity index is 1.99. The van der Waals surface area contributed by atoms with E-state index in [-0.39, 0.29) is 17.4 Å². The van der Waals surface area contributed by atoms with Crippen LogP contribution >= 0.6 is 11.3 Å². The molecular weight excluding hydrogens is 453 g/mol. The Labute approximate surface area is 190 Å². The first kappa shape index (κ1) is 23.8. The number of nitrogens with one attached hydrogen (secondary N) is 1. The van der Waals surface area contributed by atoms with Crippen LogP contribution in [0, 0.1) is 5.82 Å². The van der Waals surface area contributed by atoms with Crippen LogP contribution in [0.25, 0.3) is 10.6 Å². The maximum absolute atomic E-state index is 13.2.